The van der Waals surface area contributed by atoms with Gasteiger partial charge in [0, 0.05) is 11.8 Å². The van der Waals surface area contributed by atoms with Crippen molar-refractivity contribution in [3.8, 4) is 11.3 Å². The first kappa shape index (κ1) is 13.4. The van der Waals surface area contributed by atoms with E-state index in [9.17, 15) is 4.39 Å². The highest BCUT2D eigenvalue weighted by molar-refractivity contribution is 5.80. The molecule has 5 nitrogen and oxygen atoms in total. The molecule has 0 radical (unpaired) electrons. The van der Waals surface area contributed by atoms with Crippen LogP contribution in [0.2, 0.25) is 0 Å². The maximum atomic E-state index is 13.7. The Morgan fingerprint density at radius 1 is 1.00 bits per heavy atom. The molecule has 0 saturated heterocycles. The third-order valence-corrected chi connectivity index (χ3v) is 3.49. The smallest absolute Gasteiger partial charge is 0.227 e. The fourth-order valence-corrected chi connectivity index (χ4v) is 2.36. The van der Waals surface area contributed by atoms with E-state index in [2.05, 4.69) is 25.3 Å². The van der Waals surface area contributed by atoms with Crippen LogP contribution in [-0.4, -0.2) is 19.9 Å². The van der Waals surface area contributed by atoms with Crippen LogP contribution in [0.25, 0.3) is 22.3 Å². The van der Waals surface area contributed by atoms with Crippen molar-refractivity contribution in [2.45, 2.75) is 0 Å². The molecule has 0 unspecified atom stereocenters. The second-order valence-corrected chi connectivity index (χ2v) is 5.00. The summed E-state index contributed by atoms with van der Waals surface area (Å²) in [5, 5.41) is 2.90. The summed E-state index contributed by atoms with van der Waals surface area (Å²) < 4.78 is 13.7. The summed E-state index contributed by atoms with van der Waals surface area (Å²) in [4.78, 5) is 15.9. The number of aromatic amines is 1. The predicted octanol–water partition coefficient (Wildman–Crippen LogP) is 3.90. The third-order valence-electron chi connectivity index (χ3n) is 3.49. The molecule has 0 amide bonds. The zero-order valence-corrected chi connectivity index (χ0v) is 12.0. The molecule has 0 aliphatic heterocycles. The zero-order valence-electron chi connectivity index (χ0n) is 12.0. The number of aromatic nitrogens is 4. The zero-order chi connectivity index (χ0) is 15.6. The lowest BCUT2D eigenvalue weighted by Crippen LogP contribution is -1.99. The van der Waals surface area contributed by atoms with Crippen molar-refractivity contribution in [1.82, 2.24) is 19.9 Å². The van der Waals surface area contributed by atoms with E-state index in [-0.39, 0.29) is 5.82 Å². The van der Waals surface area contributed by atoms with E-state index in [0.29, 0.717) is 11.6 Å². The van der Waals surface area contributed by atoms with E-state index in [4.69, 9.17) is 0 Å². The minimum atomic E-state index is -0.347. The maximum absolute atomic E-state index is 13.7. The Morgan fingerprint density at radius 3 is 2.83 bits per heavy atom. The molecule has 2 heterocycles. The molecule has 0 spiro atoms. The van der Waals surface area contributed by atoms with Gasteiger partial charge in [0.1, 0.15) is 5.82 Å². The normalized spacial score (nSPS) is 10.8. The first-order chi connectivity index (χ1) is 11.3. The van der Waals surface area contributed by atoms with Gasteiger partial charge >= 0.3 is 0 Å². The number of hydrogen-bond donors (Lipinski definition) is 2. The Labute approximate surface area is 131 Å². The fraction of sp³-hybridized carbons (Fsp3) is 0. The minimum absolute atomic E-state index is 0.341. The largest absolute Gasteiger partial charge is 0.345 e. The number of hydrogen-bond acceptors (Lipinski definition) is 4. The van der Waals surface area contributed by atoms with Gasteiger partial charge in [-0.15, -0.1) is 0 Å². The highest BCUT2D eigenvalue weighted by atomic mass is 19.1. The SMILES string of the molecule is Fc1ccccc1Nc1nccc(-c2ccc3nc[nH]c3c2)n1. The Bertz CT molecular complexity index is 979. The van der Waals surface area contributed by atoms with E-state index in [0.717, 1.165) is 22.3 Å². The summed E-state index contributed by atoms with van der Waals surface area (Å²) in [6, 6.07) is 14.1. The molecule has 0 aliphatic rings. The van der Waals surface area contributed by atoms with Gasteiger partial charge in [-0.1, -0.05) is 18.2 Å². The molecule has 2 aromatic heterocycles. The quantitative estimate of drug-likeness (QED) is 0.602. The lowest BCUT2D eigenvalue weighted by Gasteiger charge is -2.07. The molecule has 112 valence electrons. The number of nitrogens with one attached hydrogen (secondary N) is 2. The van der Waals surface area contributed by atoms with Crippen molar-refractivity contribution >= 4 is 22.7 Å². The number of fused-ring (bicyclic) bond motifs is 1. The second-order valence-electron chi connectivity index (χ2n) is 5.00. The minimum Gasteiger partial charge on any atom is -0.345 e. The van der Waals surface area contributed by atoms with Crippen LogP contribution in [0.1, 0.15) is 0 Å². The predicted molar refractivity (Wildman–Crippen MR) is 86.8 cm³/mol. The van der Waals surface area contributed by atoms with Gasteiger partial charge in [-0.05, 0) is 30.3 Å². The summed E-state index contributed by atoms with van der Waals surface area (Å²) in [5.41, 5.74) is 3.85. The highest BCUT2D eigenvalue weighted by Gasteiger charge is 2.06. The fourth-order valence-electron chi connectivity index (χ4n) is 2.36. The number of halogens is 1. The van der Waals surface area contributed by atoms with E-state index >= 15 is 0 Å². The van der Waals surface area contributed by atoms with Crippen molar-refractivity contribution in [3.63, 3.8) is 0 Å². The molecule has 0 bridgehead atoms. The average Bonchev–Trinajstić information content (AvgIpc) is 3.05. The summed E-state index contributed by atoms with van der Waals surface area (Å²) in [6.45, 7) is 0. The number of H-pyrrole nitrogens is 1. The van der Waals surface area contributed by atoms with Crippen molar-refractivity contribution in [3.05, 3.63) is 66.9 Å². The van der Waals surface area contributed by atoms with Gasteiger partial charge in [0.2, 0.25) is 5.95 Å². The Balaban J connectivity index is 1.69. The van der Waals surface area contributed by atoms with Gasteiger partial charge in [-0.25, -0.2) is 19.3 Å². The first-order valence-corrected chi connectivity index (χ1v) is 7.08. The molecular weight excluding hydrogens is 293 g/mol. The molecule has 0 atom stereocenters. The third kappa shape index (κ3) is 2.62. The van der Waals surface area contributed by atoms with Crippen molar-refractivity contribution in [2.75, 3.05) is 5.32 Å². The van der Waals surface area contributed by atoms with Crippen LogP contribution in [0.15, 0.2) is 61.1 Å². The summed E-state index contributed by atoms with van der Waals surface area (Å²) in [7, 11) is 0. The van der Waals surface area contributed by atoms with Crippen LogP contribution in [0.5, 0.6) is 0 Å². The molecule has 4 rings (SSSR count). The van der Waals surface area contributed by atoms with Gasteiger partial charge < -0.3 is 10.3 Å². The second kappa shape index (κ2) is 5.49. The van der Waals surface area contributed by atoms with Gasteiger partial charge in [0.15, 0.2) is 0 Å². The van der Waals surface area contributed by atoms with E-state index < -0.39 is 0 Å². The first-order valence-electron chi connectivity index (χ1n) is 7.08. The van der Waals surface area contributed by atoms with Gasteiger partial charge in [0.25, 0.3) is 0 Å². The van der Waals surface area contributed by atoms with Crippen molar-refractivity contribution in [1.29, 1.82) is 0 Å². The van der Waals surface area contributed by atoms with Crippen molar-refractivity contribution < 1.29 is 4.39 Å². The van der Waals surface area contributed by atoms with E-state index in [1.54, 1.807) is 30.7 Å². The van der Waals surface area contributed by atoms with Crippen LogP contribution in [0, 0.1) is 5.82 Å². The lowest BCUT2D eigenvalue weighted by molar-refractivity contribution is 0.631. The van der Waals surface area contributed by atoms with Crippen molar-refractivity contribution in [2.24, 2.45) is 0 Å². The number of rotatable bonds is 3. The molecule has 0 saturated carbocycles. The molecule has 0 fully saturated rings. The van der Waals surface area contributed by atoms with E-state index in [1.165, 1.54) is 6.07 Å². The molecule has 23 heavy (non-hydrogen) atoms. The van der Waals surface area contributed by atoms with Crippen LogP contribution in [-0.2, 0) is 0 Å². The van der Waals surface area contributed by atoms with E-state index in [1.807, 2.05) is 24.3 Å². The topological polar surface area (TPSA) is 66.5 Å². The van der Waals surface area contributed by atoms with Crippen LogP contribution < -0.4 is 5.32 Å². The standard InChI is InChI=1S/C17H12FN5/c18-12-3-1-2-4-14(12)23-17-19-8-7-13(22-17)11-5-6-15-16(9-11)21-10-20-15/h1-10H,(H,20,21)(H,19,22,23). The number of benzene rings is 2. The van der Waals surface area contributed by atoms with Gasteiger partial charge in [-0.2, -0.15) is 0 Å². The average molecular weight is 305 g/mol. The Hall–Kier alpha value is -3.28. The Kier molecular flexibility index (Phi) is 3.20. The number of nitrogens with zero attached hydrogens (tertiary/aromatic N) is 3. The molecule has 6 heteroatoms. The van der Waals surface area contributed by atoms with Crippen LogP contribution >= 0.6 is 0 Å². The molecule has 2 N–H and O–H groups in total. The summed E-state index contributed by atoms with van der Waals surface area (Å²) in [5.74, 6) is -0.00214. The van der Waals surface area contributed by atoms with Gasteiger partial charge in [0.05, 0.1) is 28.7 Å². The number of para-hydroxylation sites is 1. The highest BCUT2D eigenvalue weighted by Crippen LogP contribution is 2.23. The lowest BCUT2D eigenvalue weighted by atomic mass is 10.1. The maximum Gasteiger partial charge on any atom is 0.227 e. The molecule has 0 aliphatic carbocycles. The summed E-state index contributed by atoms with van der Waals surface area (Å²) >= 11 is 0. The van der Waals surface area contributed by atoms with Crippen LogP contribution in [0.4, 0.5) is 16.0 Å². The molecular formula is C17H12FN5. The molecule has 4 aromatic rings. The number of anilines is 2. The summed E-state index contributed by atoms with van der Waals surface area (Å²) in [6.07, 6.45) is 3.29. The van der Waals surface area contributed by atoms with Gasteiger partial charge in [-0.3, -0.25) is 0 Å². The van der Waals surface area contributed by atoms with Crippen LogP contribution in [0.3, 0.4) is 0 Å². The number of imidazole rings is 1. The Morgan fingerprint density at radius 2 is 1.91 bits per heavy atom. The molecule has 2 aromatic carbocycles. The monoisotopic (exact) mass is 305 g/mol.